The van der Waals surface area contributed by atoms with Crippen molar-refractivity contribution in [3.63, 3.8) is 0 Å². The zero-order valence-corrected chi connectivity index (χ0v) is 10.6. The first-order chi connectivity index (χ1) is 7.65. The molecule has 3 heteroatoms. The van der Waals surface area contributed by atoms with Gasteiger partial charge in [-0.25, -0.2) is 0 Å². The van der Waals surface area contributed by atoms with Crippen LogP contribution < -0.4 is 5.32 Å². The molecule has 2 unspecified atom stereocenters. The van der Waals surface area contributed by atoms with Gasteiger partial charge in [0, 0.05) is 19.3 Å². The third-order valence-corrected chi connectivity index (χ3v) is 3.73. The standard InChI is InChI=1S/C13H23N3/c1-10(2)11-5-4-6-12(7-11)15-13-8-14-16(3)9-13/h8-12,15H,4-7H2,1-3H3. The number of hydrogen-bond acceptors (Lipinski definition) is 2. The molecule has 0 amide bonds. The molecule has 1 N–H and O–H groups in total. The maximum Gasteiger partial charge on any atom is 0.0728 e. The summed E-state index contributed by atoms with van der Waals surface area (Å²) in [5, 5.41) is 7.79. The van der Waals surface area contributed by atoms with Gasteiger partial charge in [-0.2, -0.15) is 5.10 Å². The van der Waals surface area contributed by atoms with Gasteiger partial charge in [0.1, 0.15) is 0 Å². The maximum atomic E-state index is 4.19. The Kier molecular flexibility index (Phi) is 3.52. The highest BCUT2D eigenvalue weighted by atomic mass is 15.3. The van der Waals surface area contributed by atoms with E-state index >= 15 is 0 Å². The van der Waals surface area contributed by atoms with Crippen LogP contribution in [0, 0.1) is 11.8 Å². The van der Waals surface area contributed by atoms with Gasteiger partial charge in [0.25, 0.3) is 0 Å². The Morgan fingerprint density at radius 1 is 1.44 bits per heavy atom. The summed E-state index contributed by atoms with van der Waals surface area (Å²) in [6.07, 6.45) is 9.35. The van der Waals surface area contributed by atoms with Gasteiger partial charge in [0.2, 0.25) is 0 Å². The van der Waals surface area contributed by atoms with Crippen molar-refractivity contribution in [2.45, 2.75) is 45.6 Å². The largest absolute Gasteiger partial charge is 0.380 e. The second-order valence-electron chi connectivity index (χ2n) is 5.41. The minimum absolute atomic E-state index is 0.644. The number of hydrogen-bond donors (Lipinski definition) is 1. The summed E-state index contributed by atoms with van der Waals surface area (Å²) in [5.74, 6) is 1.71. The van der Waals surface area contributed by atoms with Gasteiger partial charge in [-0.1, -0.05) is 26.7 Å². The predicted molar refractivity (Wildman–Crippen MR) is 67.4 cm³/mol. The van der Waals surface area contributed by atoms with E-state index in [1.807, 2.05) is 17.9 Å². The number of nitrogens with one attached hydrogen (secondary N) is 1. The Balaban J connectivity index is 1.90. The highest BCUT2D eigenvalue weighted by molar-refractivity contribution is 5.39. The Hall–Kier alpha value is -0.990. The topological polar surface area (TPSA) is 29.9 Å². The fourth-order valence-corrected chi connectivity index (χ4v) is 2.70. The van der Waals surface area contributed by atoms with Crippen LogP contribution >= 0.6 is 0 Å². The van der Waals surface area contributed by atoms with Crippen molar-refractivity contribution < 1.29 is 0 Å². The Morgan fingerprint density at radius 3 is 2.88 bits per heavy atom. The first kappa shape index (κ1) is 11.5. The Labute approximate surface area is 98.2 Å². The van der Waals surface area contributed by atoms with Crippen LogP contribution in [0.3, 0.4) is 0 Å². The molecule has 0 bridgehead atoms. The molecule has 1 aromatic heterocycles. The highest BCUT2D eigenvalue weighted by Crippen LogP contribution is 2.31. The average molecular weight is 221 g/mol. The summed E-state index contributed by atoms with van der Waals surface area (Å²) in [7, 11) is 1.96. The smallest absolute Gasteiger partial charge is 0.0728 e. The SMILES string of the molecule is CC(C)C1CCCC(Nc2cnn(C)c2)C1. The molecule has 1 fully saturated rings. The molecule has 1 heterocycles. The zero-order chi connectivity index (χ0) is 11.5. The molecular weight excluding hydrogens is 198 g/mol. The molecule has 16 heavy (non-hydrogen) atoms. The molecule has 1 aliphatic rings. The summed E-state index contributed by atoms with van der Waals surface area (Å²) < 4.78 is 1.85. The van der Waals surface area contributed by atoms with Gasteiger partial charge < -0.3 is 5.32 Å². The Bertz CT molecular complexity index is 330. The lowest BCUT2D eigenvalue weighted by Crippen LogP contribution is -2.29. The normalized spacial score (nSPS) is 26.0. The van der Waals surface area contributed by atoms with Crippen molar-refractivity contribution in [1.29, 1.82) is 0 Å². The van der Waals surface area contributed by atoms with Crippen LogP contribution in [0.15, 0.2) is 12.4 Å². The molecule has 3 nitrogen and oxygen atoms in total. The number of anilines is 1. The molecule has 2 atom stereocenters. The first-order valence-corrected chi connectivity index (χ1v) is 6.40. The summed E-state index contributed by atoms with van der Waals surface area (Å²) in [6, 6.07) is 0.644. The van der Waals surface area contributed by atoms with E-state index in [2.05, 4.69) is 30.5 Å². The highest BCUT2D eigenvalue weighted by Gasteiger charge is 2.24. The van der Waals surface area contributed by atoms with Gasteiger partial charge in [-0.15, -0.1) is 0 Å². The fourth-order valence-electron chi connectivity index (χ4n) is 2.70. The molecule has 1 aromatic rings. The van der Waals surface area contributed by atoms with Gasteiger partial charge >= 0.3 is 0 Å². The fraction of sp³-hybridized carbons (Fsp3) is 0.769. The van der Waals surface area contributed by atoms with Crippen molar-refractivity contribution in [2.24, 2.45) is 18.9 Å². The van der Waals surface area contributed by atoms with E-state index in [-0.39, 0.29) is 0 Å². The number of aryl methyl sites for hydroxylation is 1. The van der Waals surface area contributed by atoms with Crippen LogP contribution in [0.25, 0.3) is 0 Å². The van der Waals surface area contributed by atoms with E-state index in [9.17, 15) is 0 Å². The quantitative estimate of drug-likeness (QED) is 0.850. The van der Waals surface area contributed by atoms with Gasteiger partial charge in [-0.3, -0.25) is 4.68 Å². The summed E-state index contributed by atoms with van der Waals surface area (Å²) in [5.41, 5.74) is 1.16. The van der Waals surface area contributed by atoms with Crippen LogP contribution in [0.1, 0.15) is 39.5 Å². The van der Waals surface area contributed by atoms with Gasteiger partial charge in [-0.05, 0) is 24.7 Å². The molecule has 0 radical (unpaired) electrons. The Morgan fingerprint density at radius 2 is 2.25 bits per heavy atom. The van der Waals surface area contributed by atoms with Gasteiger partial charge in [0.15, 0.2) is 0 Å². The minimum atomic E-state index is 0.644. The van der Waals surface area contributed by atoms with Crippen LogP contribution in [0.5, 0.6) is 0 Å². The average Bonchev–Trinajstić information content (AvgIpc) is 2.64. The monoisotopic (exact) mass is 221 g/mol. The van der Waals surface area contributed by atoms with E-state index in [4.69, 9.17) is 0 Å². The lowest BCUT2D eigenvalue weighted by molar-refractivity contribution is 0.264. The van der Waals surface area contributed by atoms with Crippen molar-refractivity contribution in [1.82, 2.24) is 9.78 Å². The summed E-state index contributed by atoms with van der Waals surface area (Å²) in [6.45, 7) is 4.69. The molecule has 90 valence electrons. The molecule has 1 saturated carbocycles. The van der Waals surface area contributed by atoms with Crippen molar-refractivity contribution in [3.05, 3.63) is 12.4 Å². The zero-order valence-electron chi connectivity index (χ0n) is 10.6. The van der Waals surface area contributed by atoms with Crippen LogP contribution in [0.4, 0.5) is 5.69 Å². The second-order valence-corrected chi connectivity index (χ2v) is 5.41. The number of rotatable bonds is 3. The second kappa shape index (κ2) is 4.89. The van der Waals surface area contributed by atoms with E-state index in [0.717, 1.165) is 17.5 Å². The molecule has 0 aliphatic heterocycles. The lowest BCUT2D eigenvalue weighted by atomic mass is 9.79. The first-order valence-electron chi connectivity index (χ1n) is 6.40. The van der Waals surface area contributed by atoms with Gasteiger partial charge in [0.05, 0.1) is 11.9 Å². The van der Waals surface area contributed by atoms with Crippen LogP contribution in [0.2, 0.25) is 0 Å². The van der Waals surface area contributed by atoms with E-state index in [1.54, 1.807) is 0 Å². The summed E-state index contributed by atoms with van der Waals surface area (Å²) >= 11 is 0. The number of nitrogens with zero attached hydrogens (tertiary/aromatic N) is 2. The molecule has 1 aliphatic carbocycles. The number of aromatic nitrogens is 2. The van der Waals surface area contributed by atoms with Crippen molar-refractivity contribution in [2.75, 3.05) is 5.32 Å². The van der Waals surface area contributed by atoms with Crippen molar-refractivity contribution >= 4 is 5.69 Å². The van der Waals surface area contributed by atoms with Crippen LogP contribution in [-0.4, -0.2) is 15.8 Å². The summed E-state index contributed by atoms with van der Waals surface area (Å²) in [4.78, 5) is 0. The van der Waals surface area contributed by atoms with E-state index in [1.165, 1.54) is 25.7 Å². The third kappa shape index (κ3) is 2.77. The van der Waals surface area contributed by atoms with E-state index in [0.29, 0.717) is 6.04 Å². The molecule has 0 saturated heterocycles. The lowest BCUT2D eigenvalue weighted by Gasteiger charge is -2.32. The predicted octanol–water partition coefficient (Wildman–Crippen LogP) is 3.05. The van der Waals surface area contributed by atoms with E-state index < -0.39 is 0 Å². The molecule has 2 rings (SSSR count). The van der Waals surface area contributed by atoms with Crippen molar-refractivity contribution in [3.8, 4) is 0 Å². The molecular formula is C13H23N3. The molecule has 0 spiro atoms. The third-order valence-electron chi connectivity index (χ3n) is 3.73. The minimum Gasteiger partial charge on any atom is -0.380 e. The maximum absolute atomic E-state index is 4.19. The van der Waals surface area contributed by atoms with Crippen LogP contribution in [-0.2, 0) is 7.05 Å². The molecule has 0 aromatic carbocycles.